The Bertz CT molecular complexity index is 412. The third-order valence-corrected chi connectivity index (χ3v) is 4.32. The van der Waals surface area contributed by atoms with Crippen LogP contribution < -0.4 is 5.73 Å². The van der Waals surface area contributed by atoms with Crippen LogP contribution in [0.2, 0.25) is 0 Å². The first-order valence-corrected chi connectivity index (χ1v) is 7.61. The summed E-state index contributed by atoms with van der Waals surface area (Å²) in [5, 5.41) is 0. The number of hydrogen-bond donors (Lipinski definition) is 1. The smallest absolute Gasteiger partial charge is 0.0230 e. The Kier molecular flexibility index (Phi) is 5.00. The van der Waals surface area contributed by atoms with Crippen molar-refractivity contribution in [3.63, 3.8) is 0 Å². The molecule has 0 heterocycles. The predicted molar refractivity (Wildman–Crippen MR) is 82.2 cm³/mol. The highest BCUT2D eigenvalue weighted by atomic mass is 15.1. The molecule has 0 aliphatic heterocycles. The molecule has 0 amide bonds. The first kappa shape index (κ1) is 14.5. The molecule has 106 valence electrons. The number of aryl methyl sites for hydroxylation is 2. The predicted octanol–water partition coefficient (Wildman–Crippen LogP) is 2.98. The Labute approximate surface area is 118 Å². The molecule has 2 rings (SSSR count). The van der Waals surface area contributed by atoms with Crippen molar-refractivity contribution < 1.29 is 0 Å². The molecule has 0 aromatic heterocycles. The van der Waals surface area contributed by atoms with Crippen LogP contribution in [0, 0.1) is 5.92 Å². The van der Waals surface area contributed by atoms with Gasteiger partial charge in [0.05, 0.1) is 0 Å². The van der Waals surface area contributed by atoms with E-state index in [1.54, 1.807) is 11.1 Å². The summed E-state index contributed by atoms with van der Waals surface area (Å²) in [7, 11) is 2.19. The Morgan fingerprint density at radius 3 is 2.68 bits per heavy atom. The van der Waals surface area contributed by atoms with Crippen LogP contribution in [0.15, 0.2) is 18.2 Å². The number of nitrogens with zero attached hydrogens (tertiary/aromatic N) is 1. The van der Waals surface area contributed by atoms with E-state index >= 15 is 0 Å². The van der Waals surface area contributed by atoms with Gasteiger partial charge in [-0.25, -0.2) is 0 Å². The van der Waals surface area contributed by atoms with Crippen molar-refractivity contribution in [2.45, 2.75) is 52.1 Å². The van der Waals surface area contributed by atoms with Gasteiger partial charge < -0.3 is 10.6 Å². The second kappa shape index (κ2) is 6.53. The van der Waals surface area contributed by atoms with E-state index in [1.165, 1.54) is 24.8 Å². The quantitative estimate of drug-likeness (QED) is 0.852. The van der Waals surface area contributed by atoms with E-state index < -0.39 is 0 Å². The summed E-state index contributed by atoms with van der Waals surface area (Å²) in [6, 6.07) is 7.35. The monoisotopic (exact) mass is 260 g/mol. The van der Waals surface area contributed by atoms with Gasteiger partial charge in [-0.2, -0.15) is 0 Å². The molecule has 0 radical (unpaired) electrons. The standard InChI is InChI=1S/C17H28N2/c1-13(2)17(18)9-10-19(3)12-14-7-8-15-5-4-6-16(15)11-14/h7-8,11,13,17H,4-6,9-10,12,18H2,1-3H3. The van der Waals surface area contributed by atoms with E-state index in [0.29, 0.717) is 12.0 Å². The van der Waals surface area contributed by atoms with Crippen LogP contribution in [0.1, 0.15) is 43.4 Å². The average molecular weight is 260 g/mol. The SMILES string of the molecule is CC(C)C(N)CCN(C)Cc1ccc2c(c1)CCC2. The van der Waals surface area contributed by atoms with Gasteiger partial charge in [0.25, 0.3) is 0 Å². The lowest BCUT2D eigenvalue weighted by Gasteiger charge is -2.21. The van der Waals surface area contributed by atoms with Crippen LogP contribution in [0.5, 0.6) is 0 Å². The maximum absolute atomic E-state index is 6.11. The minimum atomic E-state index is 0.322. The average Bonchev–Trinajstić information content (AvgIpc) is 2.83. The minimum absolute atomic E-state index is 0.322. The molecule has 0 bridgehead atoms. The van der Waals surface area contributed by atoms with Gasteiger partial charge in [-0.15, -0.1) is 0 Å². The van der Waals surface area contributed by atoms with Gasteiger partial charge in [0.15, 0.2) is 0 Å². The maximum Gasteiger partial charge on any atom is 0.0230 e. The number of nitrogens with two attached hydrogens (primary N) is 1. The lowest BCUT2D eigenvalue weighted by atomic mass is 10.0. The molecule has 0 saturated carbocycles. The summed E-state index contributed by atoms with van der Waals surface area (Å²) in [5.41, 5.74) is 10.7. The molecular formula is C17H28N2. The number of benzene rings is 1. The van der Waals surface area contributed by atoms with Crippen LogP contribution in [-0.2, 0) is 19.4 Å². The Morgan fingerprint density at radius 1 is 1.21 bits per heavy atom. The van der Waals surface area contributed by atoms with Gasteiger partial charge in [0, 0.05) is 12.6 Å². The lowest BCUT2D eigenvalue weighted by molar-refractivity contribution is 0.296. The second-order valence-corrected chi connectivity index (χ2v) is 6.39. The molecule has 1 unspecified atom stereocenters. The van der Waals surface area contributed by atoms with Crippen molar-refractivity contribution in [2.75, 3.05) is 13.6 Å². The van der Waals surface area contributed by atoms with Gasteiger partial charge >= 0.3 is 0 Å². The molecule has 19 heavy (non-hydrogen) atoms. The van der Waals surface area contributed by atoms with Crippen molar-refractivity contribution >= 4 is 0 Å². The molecule has 1 atom stereocenters. The minimum Gasteiger partial charge on any atom is -0.327 e. The molecule has 2 N–H and O–H groups in total. The second-order valence-electron chi connectivity index (χ2n) is 6.39. The summed E-state index contributed by atoms with van der Waals surface area (Å²) in [4.78, 5) is 2.39. The number of hydrogen-bond acceptors (Lipinski definition) is 2. The third kappa shape index (κ3) is 4.05. The molecule has 1 aromatic rings. The van der Waals surface area contributed by atoms with E-state index in [-0.39, 0.29) is 0 Å². The maximum atomic E-state index is 6.11. The summed E-state index contributed by atoms with van der Waals surface area (Å²) >= 11 is 0. The number of fused-ring (bicyclic) bond motifs is 1. The summed E-state index contributed by atoms with van der Waals surface area (Å²) in [6.45, 7) is 6.52. The van der Waals surface area contributed by atoms with Crippen LogP contribution in [-0.4, -0.2) is 24.5 Å². The molecule has 0 fully saturated rings. The highest BCUT2D eigenvalue weighted by Gasteiger charge is 2.12. The Hall–Kier alpha value is -0.860. The van der Waals surface area contributed by atoms with Gasteiger partial charge in [-0.05, 0) is 61.9 Å². The van der Waals surface area contributed by atoms with Crippen LogP contribution in [0.25, 0.3) is 0 Å². The third-order valence-electron chi connectivity index (χ3n) is 4.32. The highest BCUT2D eigenvalue weighted by Crippen LogP contribution is 2.23. The van der Waals surface area contributed by atoms with Crippen molar-refractivity contribution in [1.82, 2.24) is 4.90 Å². The molecule has 1 aliphatic rings. The number of rotatable bonds is 6. The zero-order chi connectivity index (χ0) is 13.8. The van der Waals surface area contributed by atoms with E-state index in [2.05, 4.69) is 44.0 Å². The first-order chi connectivity index (χ1) is 9.06. The molecule has 0 saturated heterocycles. The fourth-order valence-electron chi connectivity index (χ4n) is 2.82. The molecule has 1 aliphatic carbocycles. The largest absolute Gasteiger partial charge is 0.327 e. The summed E-state index contributed by atoms with van der Waals surface area (Å²) < 4.78 is 0. The van der Waals surface area contributed by atoms with Crippen LogP contribution >= 0.6 is 0 Å². The van der Waals surface area contributed by atoms with Gasteiger partial charge in [0.2, 0.25) is 0 Å². The Balaban J connectivity index is 1.83. The zero-order valence-corrected chi connectivity index (χ0v) is 12.7. The van der Waals surface area contributed by atoms with Gasteiger partial charge in [0.1, 0.15) is 0 Å². The van der Waals surface area contributed by atoms with Gasteiger partial charge in [-0.3, -0.25) is 0 Å². The van der Waals surface area contributed by atoms with E-state index in [0.717, 1.165) is 19.5 Å². The molecular weight excluding hydrogens is 232 g/mol. The van der Waals surface area contributed by atoms with Crippen molar-refractivity contribution in [3.8, 4) is 0 Å². The summed E-state index contributed by atoms with van der Waals surface area (Å²) in [5.74, 6) is 0.577. The summed E-state index contributed by atoms with van der Waals surface area (Å²) in [6.07, 6.45) is 4.96. The van der Waals surface area contributed by atoms with Crippen molar-refractivity contribution in [3.05, 3.63) is 34.9 Å². The molecule has 2 heteroatoms. The van der Waals surface area contributed by atoms with Crippen molar-refractivity contribution in [1.29, 1.82) is 0 Å². The van der Waals surface area contributed by atoms with Crippen LogP contribution in [0.3, 0.4) is 0 Å². The normalized spacial score (nSPS) is 16.1. The van der Waals surface area contributed by atoms with Gasteiger partial charge in [-0.1, -0.05) is 32.0 Å². The van der Waals surface area contributed by atoms with E-state index in [4.69, 9.17) is 5.73 Å². The molecule has 2 nitrogen and oxygen atoms in total. The van der Waals surface area contributed by atoms with E-state index in [1.807, 2.05) is 0 Å². The Morgan fingerprint density at radius 2 is 1.95 bits per heavy atom. The lowest BCUT2D eigenvalue weighted by Crippen LogP contribution is -2.31. The zero-order valence-electron chi connectivity index (χ0n) is 12.7. The molecule has 0 spiro atoms. The topological polar surface area (TPSA) is 29.3 Å². The highest BCUT2D eigenvalue weighted by molar-refractivity contribution is 5.35. The molecule has 1 aromatic carbocycles. The fourth-order valence-corrected chi connectivity index (χ4v) is 2.82. The van der Waals surface area contributed by atoms with Crippen LogP contribution in [0.4, 0.5) is 0 Å². The van der Waals surface area contributed by atoms with E-state index in [9.17, 15) is 0 Å². The first-order valence-electron chi connectivity index (χ1n) is 7.61. The fraction of sp³-hybridized carbons (Fsp3) is 0.647. The van der Waals surface area contributed by atoms with Crippen molar-refractivity contribution in [2.24, 2.45) is 11.7 Å².